The number of hydrogen-bond donors (Lipinski definition) is 1. The fourth-order valence-corrected chi connectivity index (χ4v) is 4.20. The second-order valence-corrected chi connectivity index (χ2v) is 7.46. The van der Waals surface area contributed by atoms with Crippen molar-refractivity contribution in [1.29, 1.82) is 0 Å². The van der Waals surface area contributed by atoms with Crippen LogP contribution in [0.1, 0.15) is 30.3 Å². The van der Waals surface area contributed by atoms with Gasteiger partial charge in [-0.05, 0) is 31.9 Å². The molecule has 1 atom stereocenters. The van der Waals surface area contributed by atoms with Gasteiger partial charge in [0.25, 0.3) is 11.5 Å². The monoisotopic (exact) mass is 431 g/mol. The van der Waals surface area contributed by atoms with Crippen LogP contribution in [-0.2, 0) is 14.3 Å². The van der Waals surface area contributed by atoms with Gasteiger partial charge in [-0.3, -0.25) is 9.59 Å². The highest BCUT2D eigenvalue weighted by molar-refractivity contribution is 7.16. The molecule has 3 aromatic rings. The molecule has 1 aromatic carbocycles. The molecule has 30 heavy (non-hydrogen) atoms. The molecule has 0 saturated carbocycles. The molecule has 156 valence electrons. The number of esters is 1. The summed E-state index contributed by atoms with van der Waals surface area (Å²) in [5.74, 6) is -1.80. The molecule has 0 spiro atoms. The molecule has 0 bridgehead atoms. The van der Waals surface area contributed by atoms with Crippen LogP contribution in [0, 0.1) is 5.82 Å². The third kappa shape index (κ3) is 3.59. The summed E-state index contributed by atoms with van der Waals surface area (Å²) in [5.41, 5.74) is -0.909. The molecule has 10 heteroatoms. The molecule has 3 heterocycles. The molecule has 4 rings (SSSR count). The Labute approximate surface area is 174 Å². The van der Waals surface area contributed by atoms with E-state index in [2.05, 4.69) is 10.4 Å². The average molecular weight is 431 g/mol. The zero-order valence-electron chi connectivity index (χ0n) is 16.0. The molecule has 8 nitrogen and oxygen atoms in total. The average Bonchev–Trinajstić information content (AvgIpc) is 3.40. The van der Waals surface area contributed by atoms with Crippen LogP contribution in [0.5, 0.6) is 0 Å². The van der Waals surface area contributed by atoms with Crippen molar-refractivity contribution >= 4 is 39.0 Å². The molecule has 2 aromatic heterocycles. The number of para-hydroxylation sites is 1. The number of thiophene rings is 1. The predicted molar refractivity (Wildman–Crippen MR) is 109 cm³/mol. The number of aromatic nitrogens is 2. The molecule has 1 amide bonds. The first-order valence-corrected chi connectivity index (χ1v) is 10.3. The summed E-state index contributed by atoms with van der Waals surface area (Å²) < 4.78 is 25.6. The van der Waals surface area contributed by atoms with Crippen molar-refractivity contribution < 1.29 is 23.5 Å². The summed E-state index contributed by atoms with van der Waals surface area (Å²) >= 11 is 1.08. The Morgan fingerprint density at radius 3 is 2.90 bits per heavy atom. The van der Waals surface area contributed by atoms with Gasteiger partial charge >= 0.3 is 5.97 Å². The van der Waals surface area contributed by atoms with Gasteiger partial charge in [-0.2, -0.15) is 9.78 Å². The number of nitrogens with one attached hydrogen (secondary N) is 1. The van der Waals surface area contributed by atoms with E-state index in [1.165, 1.54) is 18.2 Å². The molecular weight excluding hydrogens is 413 g/mol. The van der Waals surface area contributed by atoms with Crippen LogP contribution < -0.4 is 10.9 Å². The molecule has 1 unspecified atom stereocenters. The van der Waals surface area contributed by atoms with E-state index in [0.717, 1.165) is 22.4 Å². The first-order valence-electron chi connectivity index (χ1n) is 9.40. The van der Waals surface area contributed by atoms with Crippen molar-refractivity contribution in [3.8, 4) is 5.69 Å². The van der Waals surface area contributed by atoms with Gasteiger partial charge in [-0.25, -0.2) is 9.18 Å². The van der Waals surface area contributed by atoms with Gasteiger partial charge in [0.05, 0.1) is 12.0 Å². The number of anilines is 1. The van der Waals surface area contributed by atoms with Crippen LogP contribution in [-0.4, -0.2) is 41.0 Å². The van der Waals surface area contributed by atoms with E-state index in [1.807, 2.05) is 0 Å². The van der Waals surface area contributed by atoms with Crippen molar-refractivity contribution in [2.24, 2.45) is 0 Å². The topological polar surface area (TPSA) is 99.5 Å². The zero-order valence-corrected chi connectivity index (χ0v) is 16.8. The Hall–Kier alpha value is -3.11. The van der Waals surface area contributed by atoms with Crippen LogP contribution in [0.4, 0.5) is 9.39 Å². The maximum atomic E-state index is 14.4. The van der Waals surface area contributed by atoms with Gasteiger partial charge in [0.15, 0.2) is 5.69 Å². The molecule has 1 N–H and O–H groups in total. The summed E-state index contributed by atoms with van der Waals surface area (Å²) in [7, 11) is 0. The third-order valence-electron chi connectivity index (χ3n) is 4.66. The normalized spacial score (nSPS) is 16.0. The maximum absolute atomic E-state index is 14.4. The first-order chi connectivity index (χ1) is 14.5. The lowest BCUT2D eigenvalue weighted by molar-refractivity contribution is -0.124. The molecule has 1 aliphatic rings. The van der Waals surface area contributed by atoms with E-state index in [-0.39, 0.29) is 39.7 Å². The van der Waals surface area contributed by atoms with E-state index in [4.69, 9.17) is 9.47 Å². The van der Waals surface area contributed by atoms with Gasteiger partial charge in [-0.15, -0.1) is 11.3 Å². The summed E-state index contributed by atoms with van der Waals surface area (Å²) in [5, 5.41) is 8.88. The highest BCUT2D eigenvalue weighted by Crippen LogP contribution is 2.31. The largest absolute Gasteiger partial charge is 0.461 e. The maximum Gasteiger partial charge on any atom is 0.359 e. The molecule has 1 aliphatic heterocycles. The quantitative estimate of drug-likeness (QED) is 0.624. The summed E-state index contributed by atoms with van der Waals surface area (Å²) in [6, 6.07) is 5.59. The van der Waals surface area contributed by atoms with Crippen LogP contribution in [0.15, 0.2) is 34.4 Å². The van der Waals surface area contributed by atoms with E-state index in [9.17, 15) is 18.8 Å². The fraction of sp³-hybridized carbons (Fsp3) is 0.300. The molecule has 0 aliphatic carbocycles. The highest BCUT2D eigenvalue weighted by atomic mass is 32.1. The summed E-state index contributed by atoms with van der Waals surface area (Å²) in [6.45, 7) is 2.25. The number of hydrogen-bond acceptors (Lipinski definition) is 7. The van der Waals surface area contributed by atoms with Crippen molar-refractivity contribution in [3.05, 3.63) is 51.5 Å². The van der Waals surface area contributed by atoms with E-state index in [0.29, 0.717) is 13.0 Å². The van der Waals surface area contributed by atoms with Crippen molar-refractivity contribution in [2.45, 2.75) is 25.9 Å². The molecule has 1 fully saturated rings. The number of fused-ring (bicyclic) bond motifs is 1. The molecule has 1 saturated heterocycles. The lowest BCUT2D eigenvalue weighted by Gasteiger charge is -2.11. The Kier molecular flexibility index (Phi) is 5.60. The standard InChI is InChI=1S/C20H18FN3O5S/c1-2-28-20(27)16-11-10-30-18(22-17(25)14-8-5-9-29-14)15(11)19(26)24(23-16)13-7-4-3-6-12(13)21/h3-4,6-7,10,14H,2,5,8-9H2,1H3,(H,22,25). The van der Waals surface area contributed by atoms with E-state index < -0.39 is 23.4 Å². The fourth-order valence-electron chi connectivity index (χ4n) is 3.26. The van der Waals surface area contributed by atoms with Gasteiger partial charge in [0.1, 0.15) is 22.6 Å². The number of halogens is 1. The highest BCUT2D eigenvalue weighted by Gasteiger charge is 2.27. The van der Waals surface area contributed by atoms with Gasteiger partial charge in [-0.1, -0.05) is 12.1 Å². The van der Waals surface area contributed by atoms with Crippen LogP contribution in [0.3, 0.4) is 0 Å². The molecular formula is C20H18FN3O5S. The van der Waals surface area contributed by atoms with Crippen LogP contribution in [0.2, 0.25) is 0 Å². The number of carbonyl (C=O) groups excluding carboxylic acids is 2. The van der Waals surface area contributed by atoms with E-state index in [1.54, 1.807) is 18.4 Å². The zero-order chi connectivity index (χ0) is 21.3. The minimum absolute atomic E-state index is 0.0626. The van der Waals surface area contributed by atoms with Gasteiger partial charge < -0.3 is 14.8 Å². The Balaban J connectivity index is 1.89. The van der Waals surface area contributed by atoms with Gasteiger partial charge in [0.2, 0.25) is 0 Å². The van der Waals surface area contributed by atoms with Gasteiger partial charge in [0, 0.05) is 17.4 Å². The van der Waals surface area contributed by atoms with E-state index >= 15 is 0 Å². The second-order valence-electron chi connectivity index (χ2n) is 6.58. The number of nitrogens with zero attached hydrogens (tertiary/aromatic N) is 2. The van der Waals surface area contributed by atoms with Crippen LogP contribution in [0.25, 0.3) is 16.5 Å². The van der Waals surface area contributed by atoms with Crippen molar-refractivity contribution in [1.82, 2.24) is 9.78 Å². The first kappa shape index (κ1) is 20.2. The SMILES string of the molecule is CCOC(=O)c1nn(-c2ccccc2F)c(=O)c2c(NC(=O)C3CCCO3)scc12. The number of carbonyl (C=O) groups is 2. The minimum Gasteiger partial charge on any atom is -0.461 e. The Morgan fingerprint density at radius 1 is 1.40 bits per heavy atom. The predicted octanol–water partition coefficient (Wildman–Crippen LogP) is 2.88. The lowest BCUT2D eigenvalue weighted by Crippen LogP contribution is -2.29. The van der Waals surface area contributed by atoms with Crippen LogP contribution >= 0.6 is 11.3 Å². The second kappa shape index (κ2) is 8.33. The number of rotatable bonds is 5. The third-order valence-corrected chi connectivity index (χ3v) is 5.56. The smallest absolute Gasteiger partial charge is 0.359 e. The Morgan fingerprint density at radius 2 is 2.20 bits per heavy atom. The number of ether oxygens (including phenoxy) is 2. The molecule has 0 radical (unpaired) electrons. The lowest BCUT2D eigenvalue weighted by atomic mass is 10.2. The summed E-state index contributed by atoms with van der Waals surface area (Å²) in [4.78, 5) is 38.2. The minimum atomic E-state index is -0.748. The van der Waals surface area contributed by atoms with Crippen molar-refractivity contribution in [2.75, 3.05) is 18.5 Å². The Bertz CT molecular complexity index is 1180. The number of benzene rings is 1. The van der Waals surface area contributed by atoms with Crippen molar-refractivity contribution in [3.63, 3.8) is 0 Å². The summed E-state index contributed by atoms with van der Waals surface area (Å²) in [6.07, 6.45) is 0.771. The number of amides is 1.